The van der Waals surface area contributed by atoms with Crippen LogP contribution in [0.15, 0.2) is 42.5 Å². The third-order valence-corrected chi connectivity index (χ3v) is 3.01. The van der Waals surface area contributed by atoms with E-state index >= 15 is 0 Å². The Labute approximate surface area is 120 Å². The maximum Gasteiger partial charge on any atom is 0.341 e. The SMILES string of the molecule is O=C(O)COc1ccc(-c2ccc(Cl)cc2)cc1Cl. The molecule has 0 aliphatic heterocycles. The fourth-order valence-corrected chi connectivity index (χ4v) is 1.94. The van der Waals surface area contributed by atoms with Crippen molar-refractivity contribution in [3.05, 3.63) is 52.5 Å². The summed E-state index contributed by atoms with van der Waals surface area (Å²) in [6.45, 7) is -0.417. The highest BCUT2D eigenvalue weighted by atomic mass is 35.5. The summed E-state index contributed by atoms with van der Waals surface area (Å²) in [5.74, 6) is -0.695. The third kappa shape index (κ3) is 3.63. The summed E-state index contributed by atoms with van der Waals surface area (Å²) < 4.78 is 5.06. The predicted octanol–water partition coefficient (Wildman–Crippen LogP) is 4.12. The summed E-state index contributed by atoms with van der Waals surface area (Å²) in [6, 6.07) is 12.5. The molecule has 0 aliphatic rings. The van der Waals surface area contributed by atoms with Crippen molar-refractivity contribution in [2.75, 3.05) is 6.61 Å². The lowest BCUT2D eigenvalue weighted by Gasteiger charge is -2.08. The third-order valence-electron chi connectivity index (χ3n) is 2.46. The molecule has 19 heavy (non-hydrogen) atoms. The Kier molecular flexibility index (Phi) is 4.30. The topological polar surface area (TPSA) is 46.5 Å². The number of benzene rings is 2. The van der Waals surface area contributed by atoms with E-state index in [1.807, 2.05) is 18.2 Å². The molecule has 0 aromatic heterocycles. The maximum atomic E-state index is 10.4. The van der Waals surface area contributed by atoms with Gasteiger partial charge in [-0.1, -0.05) is 41.4 Å². The van der Waals surface area contributed by atoms with Crippen LogP contribution in [0.1, 0.15) is 0 Å². The van der Waals surface area contributed by atoms with Gasteiger partial charge in [-0.3, -0.25) is 0 Å². The monoisotopic (exact) mass is 296 g/mol. The van der Waals surface area contributed by atoms with Gasteiger partial charge in [0, 0.05) is 5.02 Å². The Morgan fingerprint density at radius 1 is 1.05 bits per heavy atom. The first-order valence-corrected chi connectivity index (χ1v) is 6.22. The molecule has 1 N–H and O–H groups in total. The van der Waals surface area contributed by atoms with Crippen molar-refractivity contribution in [1.82, 2.24) is 0 Å². The molecular formula is C14H10Cl2O3. The fourth-order valence-electron chi connectivity index (χ4n) is 1.58. The van der Waals surface area contributed by atoms with Crippen LogP contribution in [0.5, 0.6) is 5.75 Å². The van der Waals surface area contributed by atoms with Gasteiger partial charge in [-0.05, 0) is 35.4 Å². The summed E-state index contributed by atoms with van der Waals surface area (Å²) in [7, 11) is 0. The summed E-state index contributed by atoms with van der Waals surface area (Å²) in [6.07, 6.45) is 0. The normalized spacial score (nSPS) is 10.2. The van der Waals surface area contributed by atoms with E-state index in [9.17, 15) is 4.79 Å². The number of carboxylic acids is 1. The number of carbonyl (C=O) groups is 1. The van der Waals surface area contributed by atoms with Gasteiger partial charge in [0.2, 0.25) is 0 Å². The van der Waals surface area contributed by atoms with Gasteiger partial charge in [0.15, 0.2) is 6.61 Å². The first-order valence-electron chi connectivity index (χ1n) is 5.46. The maximum absolute atomic E-state index is 10.4. The predicted molar refractivity (Wildman–Crippen MR) is 75.0 cm³/mol. The van der Waals surface area contributed by atoms with E-state index in [2.05, 4.69) is 0 Å². The molecule has 0 atom stereocenters. The number of halogens is 2. The number of hydrogen-bond donors (Lipinski definition) is 1. The molecular weight excluding hydrogens is 287 g/mol. The molecule has 0 bridgehead atoms. The van der Waals surface area contributed by atoms with Gasteiger partial charge >= 0.3 is 5.97 Å². The molecule has 2 rings (SSSR count). The van der Waals surface area contributed by atoms with Gasteiger partial charge in [-0.2, -0.15) is 0 Å². The standard InChI is InChI=1S/C14H10Cl2O3/c15-11-4-1-9(2-5-11)10-3-6-13(12(16)7-10)19-8-14(17)18/h1-7H,8H2,(H,17,18). The first kappa shape index (κ1) is 13.7. The minimum atomic E-state index is -1.04. The number of aliphatic carboxylic acids is 1. The van der Waals surface area contributed by atoms with Crippen LogP contribution in [0.25, 0.3) is 11.1 Å². The minimum absolute atomic E-state index is 0.349. The van der Waals surface area contributed by atoms with Crippen LogP contribution in [0.4, 0.5) is 0 Å². The Morgan fingerprint density at radius 3 is 2.26 bits per heavy atom. The van der Waals surface area contributed by atoms with Crippen LogP contribution in [0.3, 0.4) is 0 Å². The molecule has 0 unspecified atom stereocenters. The number of rotatable bonds is 4. The fraction of sp³-hybridized carbons (Fsp3) is 0.0714. The Morgan fingerprint density at radius 2 is 1.68 bits per heavy atom. The van der Waals surface area contributed by atoms with Crippen molar-refractivity contribution in [3.8, 4) is 16.9 Å². The largest absolute Gasteiger partial charge is 0.480 e. The first-order chi connectivity index (χ1) is 9.06. The molecule has 98 valence electrons. The van der Waals surface area contributed by atoms with Crippen molar-refractivity contribution in [3.63, 3.8) is 0 Å². The number of ether oxygens (including phenoxy) is 1. The number of hydrogen-bond acceptors (Lipinski definition) is 2. The summed E-state index contributed by atoms with van der Waals surface area (Å²) in [5.41, 5.74) is 1.88. The van der Waals surface area contributed by atoms with Gasteiger partial charge in [0.05, 0.1) is 5.02 Å². The van der Waals surface area contributed by atoms with E-state index < -0.39 is 12.6 Å². The van der Waals surface area contributed by atoms with Gasteiger partial charge in [0.1, 0.15) is 5.75 Å². The Balaban J connectivity index is 2.23. The molecule has 0 aliphatic carbocycles. The van der Waals surface area contributed by atoms with Crippen molar-refractivity contribution in [1.29, 1.82) is 0 Å². The Bertz CT molecular complexity index is 594. The smallest absolute Gasteiger partial charge is 0.341 e. The molecule has 2 aromatic rings. The van der Waals surface area contributed by atoms with Crippen LogP contribution in [0.2, 0.25) is 10.0 Å². The second kappa shape index (κ2) is 5.95. The zero-order valence-electron chi connectivity index (χ0n) is 9.77. The van der Waals surface area contributed by atoms with E-state index in [1.165, 1.54) is 0 Å². The van der Waals surface area contributed by atoms with Crippen LogP contribution in [0, 0.1) is 0 Å². The van der Waals surface area contributed by atoms with E-state index in [1.54, 1.807) is 24.3 Å². The number of carboxylic acid groups (broad SMARTS) is 1. The zero-order chi connectivity index (χ0) is 13.8. The van der Waals surface area contributed by atoms with Crippen molar-refractivity contribution < 1.29 is 14.6 Å². The van der Waals surface area contributed by atoms with E-state index in [4.69, 9.17) is 33.0 Å². The lowest BCUT2D eigenvalue weighted by molar-refractivity contribution is -0.139. The summed E-state index contributed by atoms with van der Waals surface area (Å²) >= 11 is 11.9. The highest BCUT2D eigenvalue weighted by Gasteiger charge is 2.06. The van der Waals surface area contributed by atoms with E-state index in [0.29, 0.717) is 15.8 Å². The van der Waals surface area contributed by atoms with E-state index in [-0.39, 0.29) is 0 Å². The second-order valence-electron chi connectivity index (χ2n) is 3.83. The van der Waals surface area contributed by atoms with Gasteiger partial charge in [0.25, 0.3) is 0 Å². The summed E-state index contributed by atoms with van der Waals surface area (Å²) in [5, 5.41) is 9.58. The van der Waals surface area contributed by atoms with Crippen LogP contribution in [-0.4, -0.2) is 17.7 Å². The van der Waals surface area contributed by atoms with Gasteiger partial charge in [-0.25, -0.2) is 4.79 Å². The highest BCUT2D eigenvalue weighted by Crippen LogP contribution is 2.30. The average molecular weight is 297 g/mol. The minimum Gasteiger partial charge on any atom is -0.480 e. The van der Waals surface area contributed by atoms with Crippen molar-refractivity contribution >= 4 is 29.2 Å². The molecule has 0 saturated carbocycles. The lowest BCUT2D eigenvalue weighted by atomic mass is 10.1. The van der Waals surface area contributed by atoms with Crippen molar-refractivity contribution in [2.45, 2.75) is 0 Å². The van der Waals surface area contributed by atoms with Crippen LogP contribution >= 0.6 is 23.2 Å². The van der Waals surface area contributed by atoms with E-state index in [0.717, 1.165) is 11.1 Å². The molecule has 5 heteroatoms. The zero-order valence-corrected chi connectivity index (χ0v) is 11.3. The quantitative estimate of drug-likeness (QED) is 0.923. The second-order valence-corrected chi connectivity index (χ2v) is 4.68. The summed E-state index contributed by atoms with van der Waals surface area (Å²) in [4.78, 5) is 10.4. The molecule has 2 aromatic carbocycles. The molecule has 0 fully saturated rings. The molecule has 3 nitrogen and oxygen atoms in total. The van der Waals surface area contributed by atoms with Crippen molar-refractivity contribution in [2.24, 2.45) is 0 Å². The molecule has 0 amide bonds. The highest BCUT2D eigenvalue weighted by molar-refractivity contribution is 6.32. The van der Waals surface area contributed by atoms with Crippen LogP contribution in [-0.2, 0) is 4.79 Å². The molecule has 0 heterocycles. The lowest BCUT2D eigenvalue weighted by Crippen LogP contribution is -2.09. The van der Waals surface area contributed by atoms with Gasteiger partial charge in [-0.15, -0.1) is 0 Å². The Hall–Kier alpha value is -1.71. The molecule has 0 spiro atoms. The van der Waals surface area contributed by atoms with Crippen LogP contribution < -0.4 is 4.74 Å². The van der Waals surface area contributed by atoms with Gasteiger partial charge < -0.3 is 9.84 Å². The molecule has 0 saturated heterocycles. The molecule has 0 radical (unpaired) electrons. The average Bonchev–Trinajstić information content (AvgIpc) is 2.38.